The van der Waals surface area contributed by atoms with Gasteiger partial charge < -0.3 is 15.6 Å². The van der Waals surface area contributed by atoms with Crippen LogP contribution < -0.4 is 10.5 Å². The summed E-state index contributed by atoms with van der Waals surface area (Å²) in [6.07, 6.45) is 0. The SMILES string of the molecule is Cc1c(O)cccc1Oc1cc(C(N)=O)ccc1[N+](=O)[O-]. The fourth-order valence-electron chi connectivity index (χ4n) is 1.73. The van der Waals surface area contributed by atoms with E-state index in [1.165, 1.54) is 18.2 Å². The quantitative estimate of drug-likeness (QED) is 0.662. The molecule has 0 aromatic heterocycles. The average molecular weight is 288 g/mol. The van der Waals surface area contributed by atoms with Crippen molar-refractivity contribution < 1.29 is 19.6 Å². The first-order valence-corrected chi connectivity index (χ1v) is 5.95. The summed E-state index contributed by atoms with van der Waals surface area (Å²) in [4.78, 5) is 21.5. The molecule has 0 fully saturated rings. The van der Waals surface area contributed by atoms with Gasteiger partial charge in [0.25, 0.3) is 0 Å². The van der Waals surface area contributed by atoms with Crippen LogP contribution in [0.4, 0.5) is 5.69 Å². The number of nitro groups is 1. The molecule has 21 heavy (non-hydrogen) atoms. The molecule has 0 aliphatic heterocycles. The van der Waals surface area contributed by atoms with E-state index in [4.69, 9.17) is 10.5 Å². The summed E-state index contributed by atoms with van der Waals surface area (Å²) in [5.41, 5.74) is 5.37. The molecule has 7 nitrogen and oxygen atoms in total. The van der Waals surface area contributed by atoms with Gasteiger partial charge in [0.1, 0.15) is 11.5 Å². The van der Waals surface area contributed by atoms with Crippen molar-refractivity contribution in [3.63, 3.8) is 0 Å². The molecule has 0 atom stereocenters. The van der Waals surface area contributed by atoms with E-state index in [1.807, 2.05) is 0 Å². The molecule has 2 aromatic rings. The van der Waals surface area contributed by atoms with E-state index in [0.29, 0.717) is 5.56 Å². The van der Waals surface area contributed by atoms with Gasteiger partial charge in [-0.15, -0.1) is 0 Å². The molecule has 0 aliphatic rings. The van der Waals surface area contributed by atoms with Crippen molar-refractivity contribution in [2.24, 2.45) is 5.73 Å². The zero-order chi connectivity index (χ0) is 15.6. The van der Waals surface area contributed by atoms with Crippen LogP contribution in [0.1, 0.15) is 15.9 Å². The predicted molar refractivity (Wildman–Crippen MR) is 74.5 cm³/mol. The van der Waals surface area contributed by atoms with Gasteiger partial charge in [-0.2, -0.15) is 0 Å². The monoisotopic (exact) mass is 288 g/mol. The van der Waals surface area contributed by atoms with Crippen molar-refractivity contribution in [1.29, 1.82) is 0 Å². The highest BCUT2D eigenvalue weighted by molar-refractivity contribution is 5.93. The first-order chi connectivity index (χ1) is 9.90. The predicted octanol–water partition coefficient (Wildman–Crippen LogP) is 2.50. The van der Waals surface area contributed by atoms with Gasteiger partial charge in [0.05, 0.1) is 4.92 Å². The summed E-state index contributed by atoms with van der Waals surface area (Å²) in [7, 11) is 0. The van der Waals surface area contributed by atoms with Gasteiger partial charge in [-0.25, -0.2) is 0 Å². The van der Waals surface area contributed by atoms with Crippen LogP contribution in [0.25, 0.3) is 0 Å². The number of nitrogens with zero attached hydrogens (tertiary/aromatic N) is 1. The second-order valence-corrected chi connectivity index (χ2v) is 4.31. The summed E-state index contributed by atoms with van der Waals surface area (Å²) in [5, 5.41) is 20.6. The van der Waals surface area contributed by atoms with Crippen LogP contribution in [0.3, 0.4) is 0 Å². The number of ether oxygens (including phenoxy) is 1. The van der Waals surface area contributed by atoms with Gasteiger partial charge in [-0.3, -0.25) is 14.9 Å². The molecule has 2 rings (SSSR count). The number of phenolic OH excluding ortho intramolecular Hbond substituents is 1. The van der Waals surface area contributed by atoms with Crippen LogP contribution in [0.5, 0.6) is 17.2 Å². The number of hydrogen-bond acceptors (Lipinski definition) is 5. The van der Waals surface area contributed by atoms with Crippen LogP contribution >= 0.6 is 0 Å². The van der Waals surface area contributed by atoms with E-state index < -0.39 is 10.8 Å². The van der Waals surface area contributed by atoms with Crippen LogP contribution in [-0.4, -0.2) is 15.9 Å². The fraction of sp³-hybridized carbons (Fsp3) is 0.0714. The van der Waals surface area contributed by atoms with Gasteiger partial charge >= 0.3 is 5.69 Å². The second-order valence-electron chi connectivity index (χ2n) is 4.31. The van der Waals surface area contributed by atoms with Gasteiger partial charge in [0.2, 0.25) is 11.7 Å². The summed E-state index contributed by atoms with van der Waals surface area (Å²) in [6, 6.07) is 8.16. The van der Waals surface area contributed by atoms with E-state index in [1.54, 1.807) is 19.1 Å². The Bertz CT molecular complexity index is 727. The Morgan fingerprint density at radius 1 is 1.29 bits per heavy atom. The van der Waals surface area contributed by atoms with E-state index >= 15 is 0 Å². The summed E-state index contributed by atoms with van der Waals surface area (Å²) < 4.78 is 5.46. The maximum Gasteiger partial charge on any atom is 0.311 e. The number of primary amides is 1. The molecule has 0 heterocycles. The Morgan fingerprint density at radius 3 is 2.62 bits per heavy atom. The minimum absolute atomic E-state index is 0.00112. The lowest BCUT2D eigenvalue weighted by Gasteiger charge is -2.10. The van der Waals surface area contributed by atoms with Gasteiger partial charge in [0.15, 0.2) is 0 Å². The lowest BCUT2D eigenvalue weighted by atomic mass is 10.1. The molecule has 0 saturated carbocycles. The molecule has 0 aliphatic carbocycles. The lowest BCUT2D eigenvalue weighted by molar-refractivity contribution is -0.385. The second kappa shape index (κ2) is 5.49. The van der Waals surface area contributed by atoms with Gasteiger partial charge in [-0.05, 0) is 25.1 Å². The van der Waals surface area contributed by atoms with Gasteiger partial charge in [-0.1, -0.05) is 6.07 Å². The maximum atomic E-state index is 11.2. The van der Waals surface area contributed by atoms with E-state index in [-0.39, 0.29) is 28.5 Å². The standard InChI is InChI=1S/C14H12N2O5/c1-8-11(17)3-2-4-12(8)21-13-7-9(14(15)18)5-6-10(13)16(19)20/h2-7,17H,1H3,(H2,15,18). The molecular formula is C14H12N2O5. The fourth-order valence-corrected chi connectivity index (χ4v) is 1.73. The number of nitrogens with two attached hydrogens (primary N) is 1. The number of carbonyl (C=O) groups is 1. The Hall–Kier alpha value is -3.09. The number of rotatable bonds is 4. The van der Waals surface area contributed by atoms with Crippen LogP contribution in [0.2, 0.25) is 0 Å². The molecule has 0 spiro atoms. The Balaban J connectivity index is 2.51. The molecule has 2 aromatic carbocycles. The molecule has 108 valence electrons. The van der Waals surface area contributed by atoms with Gasteiger partial charge in [0, 0.05) is 23.3 Å². The number of aromatic hydroxyl groups is 1. The molecule has 3 N–H and O–H groups in total. The molecule has 1 amide bonds. The maximum absolute atomic E-state index is 11.2. The number of phenols is 1. The Kier molecular flexibility index (Phi) is 3.75. The zero-order valence-electron chi connectivity index (χ0n) is 11.1. The van der Waals surface area contributed by atoms with Crippen molar-refractivity contribution >= 4 is 11.6 Å². The molecule has 0 bridgehead atoms. The number of carbonyl (C=O) groups excluding carboxylic acids is 1. The van der Waals surface area contributed by atoms with Crippen molar-refractivity contribution in [3.8, 4) is 17.2 Å². The van der Waals surface area contributed by atoms with Crippen molar-refractivity contribution in [1.82, 2.24) is 0 Å². The Morgan fingerprint density at radius 2 is 2.00 bits per heavy atom. The van der Waals surface area contributed by atoms with Crippen LogP contribution in [0.15, 0.2) is 36.4 Å². The first kappa shape index (κ1) is 14.3. The summed E-state index contributed by atoms with van der Waals surface area (Å²) in [5.74, 6) is -0.590. The highest BCUT2D eigenvalue weighted by Crippen LogP contribution is 2.35. The molecule has 0 saturated heterocycles. The third-order valence-corrected chi connectivity index (χ3v) is 2.92. The third kappa shape index (κ3) is 2.92. The number of nitro benzene ring substituents is 1. The minimum atomic E-state index is -0.720. The molecule has 7 heteroatoms. The smallest absolute Gasteiger partial charge is 0.311 e. The number of amides is 1. The molecular weight excluding hydrogens is 276 g/mol. The summed E-state index contributed by atoms with van der Waals surface area (Å²) in [6.45, 7) is 1.61. The number of benzene rings is 2. The van der Waals surface area contributed by atoms with E-state index in [2.05, 4.69) is 0 Å². The van der Waals surface area contributed by atoms with Crippen LogP contribution in [0, 0.1) is 17.0 Å². The van der Waals surface area contributed by atoms with Crippen molar-refractivity contribution in [2.75, 3.05) is 0 Å². The first-order valence-electron chi connectivity index (χ1n) is 5.95. The van der Waals surface area contributed by atoms with Crippen molar-refractivity contribution in [2.45, 2.75) is 6.92 Å². The lowest BCUT2D eigenvalue weighted by Crippen LogP contribution is -2.11. The highest BCUT2D eigenvalue weighted by atomic mass is 16.6. The van der Waals surface area contributed by atoms with Crippen molar-refractivity contribution in [3.05, 3.63) is 57.6 Å². The summed E-state index contributed by atoms with van der Waals surface area (Å²) >= 11 is 0. The topological polar surface area (TPSA) is 116 Å². The van der Waals surface area contributed by atoms with E-state index in [9.17, 15) is 20.0 Å². The Labute approximate surface area is 119 Å². The molecule has 0 radical (unpaired) electrons. The molecule has 0 unspecified atom stereocenters. The average Bonchev–Trinajstić information content (AvgIpc) is 2.43. The third-order valence-electron chi connectivity index (χ3n) is 2.92. The largest absolute Gasteiger partial charge is 0.508 e. The van der Waals surface area contributed by atoms with E-state index in [0.717, 1.165) is 6.07 Å². The normalized spacial score (nSPS) is 10.1. The zero-order valence-corrected chi connectivity index (χ0v) is 11.1. The van der Waals surface area contributed by atoms with Crippen LogP contribution in [-0.2, 0) is 0 Å². The minimum Gasteiger partial charge on any atom is -0.508 e. The number of hydrogen-bond donors (Lipinski definition) is 2. The highest BCUT2D eigenvalue weighted by Gasteiger charge is 2.19.